The second-order valence-electron chi connectivity index (χ2n) is 6.99. The molecule has 3 amide bonds. The largest absolute Gasteiger partial charge is 0.351 e. The molecule has 0 atom stereocenters. The molecular weight excluding hydrogens is 352 g/mol. The smallest absolute Gasteiger partial charge is 0.317 e. The number of nitrogens with zero attached hydrogens (tertiary/aromatic N) is 2. The summed E-state index contributed by atoms with van der Waals surface area (Å²) in [5, 5.41) is 5.93. The van der Waals surface area contributed by atoms with Gasteiger partial charge in [0.05, 0.1) is 6.54 Å². The predicted molar refractivity (Wildman–Crippen MR) is 110 cm³/mol. The fourth-order valence-corrected chi connectivity index (χ4v) is 3.23. The number of nitrogens with one attached hydrogen (secondary N) is 2. The van der Waals surface area contributed by atoms with Gasteiger partial charge in [0.25, 0.3) is 0 Å². The Bertz CT molecular complexity index is 744. The van der Waals surface area contributed by atoms with Crippen LogP contribution in [0.1, 0.15) is 11.1 Å². The Kier molecular flexibility index (Phi) is 7.44. The average Bonchev–Trinajstić information content (AvgIpc) is 2.74. The Hall–Kier alpha value is -2.86. The molecule has 1 aliphatic rings. The summed E-state index contributed by atoms with van der Waals surface area (Å²) in [5.41, 5.74) is 2.31. The number of urea groups is 1. The Balaban J connectivity index is 1.31. The number of rotatable bonds is 7. The van der Waals surface area contributed by atoms with E-state index in [1.54, 1.807) is 0 Å². The molecule has 1 heterocycles. The van der Waals surface area contributed by atoms with E-state index in [9.17, 15) is 9.59 Å². The van der Waals surface area contributed by atoms with Crippen LogP contribution >= 0.6 is 0 Å². The van der Waals surface area contributed by atoms with Gasteiger partial charge in [0, 0.05) is 39.3 Å². The molecular formula is C22H28N4O2. The third kappa shape index (κ3) is 6.39. The molecule has 0 bridgehead atoms. The molecule has 6 heteroatoms. The number of hydrogen-bond acceptors (Lipinski definition) is 3. The summed E-state index contributed by atoms with van der Waals surface area (Å²) in [4.78, 5) is 28.3. The monoisotopic (exact) mass is 380 g/mol. The molecule has 2 aromatic rings. The number of carbonyl (C=O) groups is 2. The maximum Gasteiger partial charge on any atom is 0.317 e. The van der Waals surface area contributed by atoms with E-state index in [0.717, 1.165) is 12.0 Å². The van der Waals surface area contributed by atoms with Crippen LogP contribution in [0.2, 0.25) is 0 Å². The van der Waals surface area contributed by atoms with Gasteiger partial charge in [-0.1, -0.05) is 60.7 Å². The maximum absolute atomic E-state index is 12.3. The fraction of sp³-hybridized carbons (Fsp3) is 0.364. The number of carbonyl (C=O) groups excluding carboxylic acids is 2. The molecule has 0 aliphatic carbocycles. The van der Waals surface area contributed by atoms with Crippen LogP contribution in [0, 0.1) is 0 Å². The van der Waals surface area contributed by atoms with E-state index in [0.29, 0.717) is 45.8 Å². The lowest BCUT2D eigenvalue weighted by Crippen LogP contribution is -2.53. The van der Waals surface area contributed by atoms with Gasteiger partial charge in [0.1, 0.15) is 0 Å². The van der Waals surface area contributed by atoms with Gasteiger partial charge in [0.2, 0.25) is 5.91 Å². The van der Waals surface area contributed by atoms with E-state index in [1.165, 1.54) is 5.56 Å². The summed E-state index contributed by atoms with van der Waals surface area (Å²) < 4.78 is 0. The second kappa shape index (κ2) is 10.5. The highest BCUT2D eigenvalue weighted by molar-refractivity contribution is 5.78. The van der Waals surface area contributed by atoms with E-state index in [-0.39, 0.29) is 11.9 Å². The van der Waals surface area contributed by atoms with Gasteiger partial charge in [-0.3, -0.25) is 9.69 Å². The van der Waals surface area contributed by atoms with Crippen molar-refractivity contribution >= 4 is 11.9 Å². The van der Waals surface area contributed by atoms with Gasteiger partial charge >= 0.3 is 6.03 Å². The number of hydrogen-bond donors (Lipinski definition) is 2. The first kappa shape index (κ1) is 19.9. The predicted octanol–water partition coefficient (Wildman–Crippen LogP) is 1.87. The molecule has 1 saturated heterocycles. The zero-order chi connectivity index (χ0) is 19.6. The summed E-state index contributed by atoms with van der Waals surface area (Å²) in [6, 6.07) is 20.0. The van der Waals surface area contributed by atoms with E-state index >= 15 is 0 Å². The zero-order valence-corrected chi connectivity index (χ0v) is 16.1. The van der Waals surface area contributed by atoms with Crippen molar-refractivity contribution in [3.05, 3.63) is 71.8 Å². The van der Waals surface area contributed by atoms with Gasteiger partial charge in [-0.2, -0.15) is 0 Å². The average molecular weight is 380 g/mol. The Morgan fingerprint density at radius 3 is 2.04 bits per heavy atom. The normalized spacial score (nSPS) is 14.5. The van der Waals surface area contributed by atoms with Crippen molar-refractivity contribution in [1.82, 2.24) is 20.4 Å². The molecule has 1 fully saturated rings. The summed E-state index contributed by atoms with van der Waals surface area (Å²) in [6.07, 6.45) is 0.828. The van der Waals surface area contributed by atoms with Crippen LogP contribution in [0.15, 0.2) is 60.7 Å². The maximum atomic E-state index is 12.3. The number of piperazine rings is 1. The van der Waals surface area contributed by atoms with Crippen LogP contribution in [-0.4, -0.2) is 61.0 Å². The molecule has 0 aromatic heterocycles. The number of benzene rings is 2. The van der Waals surface area contributed by atoms with E-state index in [1.807, 2.05) is 53.4 Å². The van der Waals surface area contributed by atoms with Gasteiger partial charge < -0.3 is 15.5 Å². The van der Waals surface area contributed by atoms with Gasteiger partial charge in [-0.15, -0.1) is 0 Å². The summed E-state index contributed by atoms with van der Waals surface area (Å²) in [7, 11) is 0. The van der Waals surface area contributed by atoms with Crippen LogP contribution in [0.25, 0.3) is 0 Å². The minimum absolute atomic E-state index is 0.0182. The lowest BCUT2D eigenvalue weighted by atomic mass is 10.1. The van der Waals surface area contributed by atoms with Crippen molar-refractivity contribution in [1.29, 1.82) is 0 Å². The minimum Gasteiger partial charge on any atom is -0.351 e. The molecule has 0 spiro atoms. The van der Waals surface area contributed by atoms with E-state index < -0.39 is 0 Å². The zero-order valence-electron chi connectivity index (χ0n) is 16.1. The van der Waals surface area contributed by atoms with Gasteiger partial charge in [-0.25, -0.2) is 4.79 Å². The van der Waals surface area contributed by atoms with Crippen LogP contribution in [0.4, 0.5) is 4.79 Å². The highest BCUT2D eigenvalue weighted by Crippen LogP contribution is 2.03. The molecule has 2 N–H and O–H groups in total. The third-order valence-electron chi connectivity index (χ3n) is 4.89. The van der Waals surface area contributed by atoms with Crippen molar-refractivity contribution in [2.45, 2.75) is 13.0 Å². The SMILES string of the molecule is O=C(CN1CCN(C(=O)NCCc2ccccc2)CC1)NCc1ccccc1. The quantitative estimate of drug-likeness (QED) is 0.771. The third-order valence-corrected chi connectivity index (χ3v) is 4.89. The van der Waals surface area contributed by atoms with Crippen LogP contribution in [-0.2, 0) is 17.8 Å². The second-order valence-corrected chi connectivity index (χ2v) is 6.99. The summed E-state index contributed by atoms with van der Waals surface area (Å²) in [5.74, 6) is 0.0182. The fourth-order valence-electron chi connectivity index (χ4n) is 3.23. The summed E-state index contributed by atoms with van der Waals surface area (Å²) >= 11 is 0. The molecule has 148 valence electrons. The Morgan fingerprint density at radius 1 is 0.786 bits per heavy atom. The van der Waals surface area contributed by atoms with Gasteiger partial charge in [-0.05, 0) is 17.5 Å². The van der Waals surface area contributed by atoms with Crippen LogP contribution in [0.3, 0.4) is 0 Å². The van der Waals surface area contributed by atoms with E-state index in [4.69, 9.17) is 0 Å². The Morgan fingerprint density at radius 2 is 1.39 bits per heavy atom. The molecule has 0 unspecified atom stereocenters. The van der Waals surface area contributed by atoms with Crippen LogP contribution in [0.5, 0.6) is 0 Å². The number of amides is 3. The van der Waals surface area contributed by atoms with Crippen molar-refractivity contribution in [3.63, 3.8) is 0 Å². The standard InChI is InChI=1S/C22H28N4O2/c27-21(24-17-20-9-5-2-6-10-20)18-25-13-15-26(16-14-25)22(28)23-12-11-19-7-3-1-4-8-19/h1-10H,11-18H2,(H,23,28)(H,24,27). The van der Waals surface area contributed by atoms with Crippen molar-refractivity contribution < 1.29 is 9.59 Å². The van der Waals surface area contributed by atoms with E-state index in [2.05, 4.69) is 27.7 Å². The first-order valence-electron chi connectivity index (χ1n) is 9.80. The highest BCUT2D eigenvalue weighted by atomic mass is 16.2. The van der Waals surface area contributed by atoms with Crippen molar-refractivity contribution in [2.24, 2.45) is 0 Å². The first-order valence-corrected chi connectivity index (χ1v) is 9.80. The molecule has 3 rings (SSSR count). The Labute approximate surface area is 166 Å². The molecule has 0 radical (unpaired) electrons. The molecule has 0 saturated carbocycles. The van der Waals surface area contributed by atoms with Crippen molar-refractivity contribution in [3.8, 4) is 0 Å². The molecule has 2 aromatic carbocycles. The summed E-state index contributed by atoms with van der Waals surface area (Å²) in [6.45, 7) is 4.26. The van der Waals surface area contributed by atoms with Crippen molar-refractivity contribution in [2.75, 3.05) is 39.3 Å². The highest BCUT2D eigenvalue weighted by Gasteiger charge is 2.22. The minimum atomic E-state index is -0.0240. The molecule has 1 aliphatic heterocycles. The topological polar surface area (TPSA) is 64.7 Å². The van der Waals surface area contributed by atoms with Gasteiger partial charge in [0.15, 0.2) is 0 Å². The molecule has 28 heavy (non-hydrogen) atoms. The van der Waals surface area contributed by atoms with Crippen LogP contribution < -0.4 is 10.6 Å². The molecule has 6 nitrogen and oxygen atoms in total. The lowest BCUT2D eigenvalue weighted by molar-refractivity contribution is -0.122. The first-order chi connectivity index (χ1) is 13.7. The lowest BCUT2D eigenvalue weighted by Gasteiger charge is -2.34.